The number of nitrogens with zero attached hydrogens (tertiary/aromatic N) is 3. The van der Waals surface area contributed by atoms with Crippen molar-refractivity contribution in [2.45, 2.75) is 76.9 Å². The smallest absolute Gasteiger partial charge is 0.310 e. The Morgan fingerprint density at radius 3 is 2.69 bits per heavy atom. The van der Waals surface area contributed by atoms with Crippen molar-refractivity contribution in [3.05, 3.63) is 53.1 Å². The van der Waals surface area contributed by atoms with Crippen LogP contribution in [0.3, 0.4) is 0 Å². The molecule has 1 N–H and O–H groups in total. The molecule has 7 atom stereocenters. The Morgan fingerprint density at radius 1 is 1.20 bits per heavy atom. The van der Waals surface area contributed by atoms with Gasteiger partial charge in [-0.3, -0.25) is 9.59 Å². The minimum Gasteiger partial charge on any atom is -0.449 e. The van der Waals surface area contributed by atoms with Crippen LogP contribution in [0.25, 0.3) is 11.8 Å². The van der Waals surface area contributed by atoms with Gasteiger partial charge in [-0.25, -0.2) is 9.07 Å². The topological polar surface area (TPSA) is 114 Å². The molecular formula is C35H40FN3O5S. The molecule has 2 heterocycles. The van der Waals surface area contributed by atoms with Gasteiger partial charge >= 0.3 is 5.97 Å². The predicted octanol–water partition coefficient (Wildman–Crippen LogP) is 5.66. The van der Waals surface area contributed by atoms with Crippen molar-refractivity contribution in [3.63, 3.8) is 0 Å². The van der Waals surface area contributed by atoms with E-state index < -0.39 is 17.1 Å². The molecule has 238 valence electrons. The van der Waals surface area contributed by atoms with Gasteiger partial charge in [-0.05, 0) is 110 Å². The van der Waals surface area contributed by atoms with Gasteiger partial charge in [0.25, 0.3) is 0 Å². The zero-order valence-electron chi connectivity index (χ0n) is 25.8. The normalized spacial score (nSPS) is 35.7. The van der Waals surface area contributed by atoms with Crippen LogP contribution in [0.1, 0.15) is 70.1 Å². The highest BCUT2D eigenvalue weighted by Crippen LogP contribution is 2.69. The van der Waals surface area contributed by atoms with Gasteiger partial charge in [-0.1, -0.05) is 31.2 Å². The number of nitriles is 1. The zero-order chi connectivity index (χ0) is 31.6. The maximum absolute atomic E-state index is 14.0. The van der Waals surface area contributed by atoms with Crippen molar-refractivity contribution < 1.29 is 28.6 Å². The van der Waals surface area contributed by atoms with E-state index in [9.17, 15) is 24.3 Å². The number of aliphatic hydroxyl groups excluding tert-OH is 1. The number of hydrogen-bond donors (Lipinski definition) is 1. The summed E-state index contributed by atoms with van der Waals surface area (Å²) in [5.74, 6) is -0.772. The first-order valence-electron chi connectivity index (χ1n) is 16.2. The quantitative estimate of drug-likeness (QED) is 0.420. The highest BCUT2D eigenvalue weighted by molar-refractivity contribution is 8.14. The molecule has 7 rings (SSSR count). The molecule has 3 unspecified atom stereocenters. The summed E-state index contributed by atoms with van der Waals surface area (Å²) in [6.45, 7) is 5.29. The molecule has 5 aliphatic rings. The van der Waals surface area contributed by atoms with Crippen LogP contribution in [0.15, 0.2) is 36.0 Å². The summed E-state index contributed by atoms with van der Waals surface area (Å²) in [6.07, 6.45) is 8.49. The third-order valence-electron chi connectivity index (χ3n) is 12.0. The lowest BCUT2D eigenvalue weighted by Gasteiger charge is -2.60. The third kappa shape index (κ3) is 4.72. The van der Waals surface area contributed by atoms with Crippen LogP contribution in [0, 0.1) is 51.6 Å². The summed E-state index contributed by atoms with van der Waals surface area (Å²) >= 11 is 0.934. The monoisotopic (exact) mass is 633 g/mol. The molecule has 8 nitrogen and oxygen atoms in total. The van der Waals surface area contributed by atoms with Gasteiger partial charge in [0.05, 0.1) is 41.4 Å². The standard InChI is InChI=1S/C35H40FN3O5S/c1-33-18-22-20-38-39(25-6-4-24(36)5-7-25)28(22)17-23(33)3-8-26-27-9-12-35(32(42)45-16-13-37,34(27,2)19-29(40)30(26)33)44-31(41)21-10-14-43-15-11-21/h4-7,17,20-21,26-27,29-30,40H,3,8-12,14-16,18-19H2,1-2H3/t26-,27-,29-,30+,33?,34?,35?/m0/s1. The number of allylic oxidation sites excluding steroid dienone is 1. The van der Waals surface area contributed by atoms with Crippen LogP contribution in [0.4, 0.5) is 4.39 Å². The number of aliphatic hydroxyl groups is 1. The van der Waals surface area contributed by atoms with Gasteiger partial charge < -0.3 is 14.6 Å². The molecule has 2 aromatic rings. The Hall–Kier alpha value is -3.00. The fourth-order valence-electron chi connectivity index (χ4n) is 9.91. The van der Waals surface area contributed by atoms with Crippen LogP contribution in [-0.4, -0.2) is 56.6 Å². The van der Waals surface area contributed by atoms with Crippen LogP contribution in [-0.2, 0) is 25.5 Å². The lowest BCUT2D eigenvalue weighted by Crippen LogP contribution is -2.62. The maximum Gasteiger partial charge on any atom is 0.310 e. The predicted molar refractivity (Wildman–Crippen MR) is 166 cm³/mol. The Morgan fingerprint density at radius 2 is 1.96 bits per heavy atom. The lowest BCUT2D eigenvalue weighted by atomic mass is 9.45. The second-order valence-corrected chi connectivity index (χ2v) is 15.1. The van der Waals surface area contributed by atoms with Crippen LogP contribution in [0.5, 0.6) is 0 Å². The summed E-state index contributed by atoms with van der Waals surface area (Å²) in [4.78, 5) is 27.6. The van der Waals surface area contributed by atoms with E-state index in [1.165, 1.54) is 17.7 Å². The van der Waals surface area contributed by atoms with Crippen molar-refractivity contribution in [3.8, 4) is 11.8 Å². The number of halogens is 1. The number of aromatic nitrogens is 2. The van der Waals surface area contributed by atoms with Gasteiger partial charge in [0.15, 0.2) is 5.60 Å². The van der Waals surface area contributed by atoms with Gasteiger partial charge in [-0.15, -0.1) is 0 Å². The molecule has 0 bridgehead atoms. The maximum atomic E-state index is 14.0. The number of esters is 1. The molecular weight excluding hydrogens is 593 g/mol. The van der Waals surface area contributed by atoms with Crippen molar-refractivity contribution in [2.75, 3.05) is 19.0 Å². The highest BCUT2D eigenvalue weighted by atomic mass is 32.2. The molecule has 10 heteroatoms. The molecule has 0 spiro atoms. The number of ether oxygens (including phenoxy) is 2. The first-order chi connectivity index (χ1) is 21.6. The van der Waals surface area contributed by atoms with Crippen molar-refractivity contribution >= 4 is 28.9 Å². The molecule has 4 fully saturated rings. The molecule has 1 aliphatic heterocycles. The molecule has 4 aliphatic carbocycles. The number of carbonyl (C=O) groups is 2. The molecule has 1 aromatic heterocycles. The number of benzene rings is 1. The summed E-state index contributed by atoms with van der Waals surface area (Å²) in [7, 11) is 0. The summed E-state index contributed by atoms with van der Waals surface area (Å²) < 4.78 is 27.3. The molecule has 1 saturated heterocycles. The number of hydrogen-bond acceptors (Lipinski definition) is 8. The van der Waals surface area contributed by atoms with E-state index in [0.717, 1.165) is 54.4 Å². The second-order valence-electron chi connectivity index (χ2n) is 14.1. The molecule has 3 saturated carbocycles. The Kier molecular flexibility index (Phi) is 7.73. The van der Waals surface area contributed by atoms with Gasteiger partial charge in [0.1, 0.15) is 5.82 Å². The fraction of sp³-hybridized carbons (Fsp3) is 0.600. The minimum atomic E-state index is -1.38. The Balaban J connectivity index is 1.21. The van der Waals surface area contributed by atoms with E-state index in [2.05, 4.69) is 24.2 Å². The summed E-state index contributed by atoms with van der Waals surface area (Å²) in [5, 5.41) is 25.8. The SMILES string of the molecule is CC12Cc3cnn(-c4ccc(F)cc4)c3C=C1CC[C@@H]1[C@@H]2[C@@H](O)CC2(C)[C@H]1CCC2(OC(=O)C1CCOCC1)C(=O)SCC#N. The molecule has 1 aromatic carbocycles. The van der Waals surface area contributed by atoms with Gasteiger partial charge in [0.2, 0.25) is 5.12 Å². The largest absolute Gasteiger partial charge is 0.449 e. The first-order valence-corrected chi connectivity index (χ1v) is 17.2. The third-order valence-corrected chi connectivity index (χ3v) is 12.9. The highest BCUT2D eigenvalue weighted by Gasteiger charge is 2.70. The summed E-state index contributed by atoms with van der Waals surface area (Å²) in [5.41, 5.74) is 1.77. The minimum absolute atomic E-state index is 0.00901. The average molecular weight is 634 g/mol. The van der Waals surface area contributed by atoms with E-state index in [-0.39, 0.29) is 51.7 Å². The van der Waals surface area contributed by atoms with E-state index in [4.69, 9.17) is 9.47 Å². The van der Waals surface area contributed by atoms with E-state index >= 15 is 0 Å². The van der Waals surface area contributed by atoms with E-state index in [1.807, 2.05) is 17.8 Å². The number of carbonyl (C=O) groups excluding carboxylic acids is 2. The lowest BCUT2D eigenvalue weighted by molar-refractivity contribution is -0.200. The van der Waals surface area contributed by atoms with Crippen molar-refractivity contribution in [1.29, 1.82) is 5.26 Å². The number of thioether (sulfide) groups is 1. The van der Waals surface area contributed by atoms with E-state index in [1.54, 1.807) is 12.1 Å². The van der Waals surface area contributed by atoms with E-state index in [0.29, 0.717) is 38.9 Å². The van der Waals surface area contributed by atoms with Gasteiger partial charge in [-0.2, -0.15) is 10.4 Å². The molecule has 45 heavy (non-hydrogen) atoms. The first kappa shape index (κ1) is 30.6. The Bertz CT molecular complexity index is 1580. The second kappa shape index (κ2) is 11.4. The zero-order valence-corrected chi connectivity index (χ0v) is 26.7. The number of fused-ring (bicyclic) bond motifs is 6. The Labute approximate surface area is 267 Å². The van der Waals surface area contributed by atoms with Crippen molar-refractivity contribution in [2.24, 2.45) is 34.5 Å². The number of rotatable bonds is 5. The van der Waals surface area contributed by atoms with Crippen molar-refractivity contribution in [1.82, 2.24) is 9.78 Å². The summed E-state index contributed by atoms with van der Waals surface area (Å²) in [6, 6.07) is 8.40. The van der Waals surface area contributed by atoms with Gasteiger partial charge in [0, 0.05) is 18.6 Å². The molecule has 0 amide bonds. The fourth-order valence-corrected chi connectivity index (χ4v) is 10.7. The molecule has 0 radical (unpaired) electrons. The van der Waals surface area contributed by atoms with Crippen LogP contribution >= 0.6 is 11.8 Å². The average Bonchev–Trinajstić information content (AvgIpc) is 3.56. The van der Waals surface area contributed by atoms with Crippen LogP contribution < -0.4 is 0 Å². The van der Waals surface area contributed by atoms with Crippen LogP contribution in [0.2, 0.25) is 0 Å².